The lowest BCUT2D eigenvalue weighted by atomic mass is 9.84. The second-order valence-corrected chi connectivity index (χ2v) is 12.3. The maximum absolute atomic E-state index is 12.3. The van der Waals surface area contributed by atoms with Crippen molar-refractivity contribution in [1.29, 1.82) is 0 Å². The van der Waals surface area contributed by atoms with E-state index in [2.05, 4.69) is 34.3 Å². The number of anilines is 1. The summed E-state index contributed by atoms with van der Waals surface area (Å²) in [5.41, 5.74) is 2.70. The van der Waals surface area contributed by atoms with E-state index >= 15 is 0 Å². The minimum atomic E-state index is -3.25. The smallest absolute Gasteiger partial charge is 0.216 e. The van der Waals surface area contributed by atoms with Gasteiger partial charge in [0, 0.05) is 18.3 Å². The lowest BCUT2D eigenvalue weighted by Crippen LogP contribution is -2.46. The Labute approximate surface area is 171 Å². The van der Waals surface area contributed by atoms with E-state index in [1.54, 1.807) is 20.8 Å². The molecule has 0 bridgehead atoms. The van der Waals surface area contributed by atoms with Gasteiger partial charge in [-0.3, -0.25) is 0 Å². The van der Waals surface area contributed by atoms with Gasteiger partial charge in [0.05, 0.1) is 4.75 Å². The van der Waals surface area contributed by atoms with Gasteiger partial charge in [0.2, 0.25) is 10.0 Å². The molecule has 0 radical (unpaired) electrons. The van der Waals surface area contributed by atoms with Gasteiger partial charge in [0.1, 0.15) is 0 Å². The van der Waals surface area contributed by atoms with Gasteiger partial charge >= 0.3 is 0 Å². The summed E-state index contributed by atoms with van der Waals surface area (Å²) in [5, 5.41) is 3.59. The quantitative estimate of drug-likeness (QED) is 0.663. The first-order chi connectivity index (χ1) is 13.2. The summed E-state index contributed by atoms with van der Waals surface area (Å²) in [7, 11) is -3.25. The average molecular weight is 407 g/mol. The van der Waals surface area contributed by atoms with E-state index in [0.29, 0.717) is 5.92 Å². The lowest BCUT2D eigenvalue weighted by Gasteiger charge is -2.31. The molecule has 2 aliphatic rings. The fourth-order valence-corrected chi connectivity index (χ4v) is 5.48. The second kappa shape index (κ2) is 9.17. The van der Waals surface area contributed by atoms with Crippen molar-refractivity contribution in [1.82, 2.24) is 4.72 Å². The fraction of sp³-hybridized carbons (Fsp3) is 0.739. The van der Waals surface area contributed by atoms with Crippen LogP contribution in [0.4, 0.5) is 5.69 Å². The molecule has 0 unspecified atom stereocenters. The van der Waals surface area contributed by atoms with Crippen LogP contribution in [0.15, 0.2) is 24.3 Å². The van der Waals surface area contributed by atoms with Crippen LogP contribution in [0.25, 0.3) is 0 Å². The van der Waals surface area contributed by atoms with Crippen molar-refractivity contribution in [3.8, 4) is 0 Å². The van der Waals surface area contributed by atoms with Crippen LogP contribution in [0.5, 0.6) is 0 Å². The summed E-state index contributed by atoms with van der Waals surface area (Å²) in [6, 6.07) is 9.16. The molecular weight excluding hydrogens is 368 g/mol. The Hall–Kier alpha value is -1.07. The van der Waals surface area contributed by atoms with Gasteiger partial charge in [-0.25, -0.2) is 13.1 Å². The highest BCUT2D eigenvalue weighted by Gasteiger charge is 2.32. The highest BCUT2D eigenvalue weighted by molar-refractivity contribution is 7.90. The Morgan fingerprint density at radius 2 is 1.50 bits per heavy atom. The maximum atomic E-state index is 12.3. The Bertz CT molecular complexity index is 708. The van der Waals surface area contributed by atoms with Crippen molar-refractivity contribution in [2.24, 2.45) is 5.92 Å². The largest absolute Gasteiger partial charge is 0.385 e. The van der Waals surface area contributed by atoms with E-state index < -0.39 is 14.8 Å². The van der Waals surface area contributed by atoms with Gasteiger partial charge < -0.3 is 5.32 Å². The van der Waals surface area contributed by atoms with Crippen molar-refractivity contribution in [2.75, 3.05) is 11.9 Å². The molecule has 0 amide bonds. The van der Waals surface area contributed by atoms with Gasteiger partial charge in [-0.1, -0.05) is 31.4 Å². The van der Waals surface area contributed by atoms with Crippen molar-refractivity contribution in [2.45, 2.75) is 95.3 Å². The molecule has 0 aliphatic heterocycles. The first kappa shape index (κ1) is 21.6. The van der Waals surface area contributed by atoms with Gasteiger partial charge in [-0.2, -0.15) is 0 Å². The number of benzene rings is 1. The molecule has 1 aromatic carbocycles. The first-order valence-electron chi connectivity index (χ1n) is 11.1. The molecule has 2 saturated carbocycles. The Morgan fingerprint density at radius 3 is 2.07 bits per heavy atom. The average Bonchev–Trinajstić information content (AvgIpc) is 2.67. The lowest BCUT2D eigenvalue weighted by molar-refractivity contribution is 0.322. The van der Waals surface area contributed by atoms with Crippen molar-refractivity contribution < 1.29 is 8.42 Å². The number of sulfonamides is 1. The van der Waals surface area contributed by atoms with E-state index in [1.165, 1.54) is 43.4 Å². The summed E-state index contributed by atoms with van der Waals surface area (Å²) >= 11 is 0. The molecule has 0 heterocycles. The molecule has 2 aliphatic carbocycles. The maximum Gasteiger partial charge on any atom is 0.216 e. The van der Waals surface area contributed by atoms with Crippen molar-refractivity contribution in [3.05, 3.63) is 29.8 Å². The zero-order chi connectivity index (χ0) is 20.2. The molecule has 1 aromatic rings. The molecule has 0 atom stereocenters. The second-order valence-electron chi connectivity index (χ2n) is 9.79. The zero-order valence-electron chi connectivity index (χ0n) is 17.8. The van der Waals surface area contributed by atoms with Crippen molar-refractivity contribution in [3.63, 3.8) is 0 Å². The molecule has 28 heavy (non-hydrogen) atoms. The van der Waals surface area contributed by atoms with Crippen LogP contribution >= 0.6 is 0 Å². The molecule has 5 heteroatoms. The highest BCUT2D eigenvalue weighted by atomic mass is 32.2. The molecular formula is C23H38N2O2S. The molecule has 0 aromatic heterocycles. The van der Waals surface area contributed by atoms with Gasteiger partial charge in [0.25, 0.3) is 0 Å². The van der Waals surface area contributed by atoms with Gasteiger partial charge in [-0.15, -0.1) is 0 Å². The van der Waals surface area contributed by atoms with E-state index in [9.17, 15) is 8.42 Å². The normalized spacial score (nSPS) is 24.8. The standard InChI is InChI=1S/C23H38N2O2S/c1-23(2,3)28(26,27)25-22-13-9-18(10-14-22)17-24-21-15-11-20(12-16-21)19-7-5-4-6-8-19/h11-12,15-16,18-19,22,24-25H,4-10,13-14,17H2,1-3H3/t18-,22-. The molecule has 2 N–H and O–H groups in total. The Morgan fingerprint density at radius 1 is 0.893 bits per heavy atom. The molecule has 4 nitrogen and oxygen atoms in total. The summed E-state index contributed by atoms with van der Waals surface area (Å²) < 4.78 is 26.8. The van der Waals surface area contributed by atoms with E-state index in [-0.39, 0.29) is 6.04 Å². The third-order valence-corrected chi connectivity index (χ3v) is 8.81. The van der Waals surface area contributed by atoms with Crippen LogP contribution < -0.4 is 10.0 Å². The molecule has 2 fully saturated rings. The Kier molecular flexibility index (Phi) is 7.08. The van der Waals surface area contributed by atoms with Crippen LogP contribution in [-0.2, 0) is 10.0 Å². The minimum absolute atomic E-state index is 0.0928. The van der Waals surface area contributed by atoms with E-state index in [1.807, 2.05) is 0 Å². The SMILES string of the molecule is CC(C)(C)S(=O)(=O)N[C@H]1CC[C@H](CNc2ccc(C3CCCCC3)cc2)CC1. The van der Waals surface area contributed by atoms with Crippen LogP contribution in [0.2, 0.25) is 0 Å². The summed E-state index contributed by atoms with van der Waals surface area (Å²) in [4.78, 5) is 0. The topological polar surface area (TPSA) is 58.2 Å². The van der Waals surface area contributed by atoms with Crippen molar-refractivity contribution >= 4 is 15.7 Å². The minimum Gasteiger partial charge on any atom is -0.385 e. The van der Waals surface area contributed by atoms with Crippen LogP contribution in [0, 0.1) is 5.92 Å². The number of rotatable bonds is 6. The van der Waals surface area contributed by atoms with Crippen LogP contribution in [-0.4, -0.2) is 25.8 Å². The van der Waals surface area contributed by atoms with E-state index in [0.717, 1.165) is 38.1 Å². The number of hydrogen-bond acceptors (Lipinski definition) is 3. The summed E-state index contributed by atoms with van der Waals surface area (Å²) in [6.07, 6.45) is 10.8. The number of hydrogen-bond donors (Lipinski definition) is 2. The first-order valence-corrected chi connectivity index (χ1v) is 12.6. The van der Waals surface area contributed by atoms with Crippen LogP contribution in [0.1, 0.15) is 90.0 Å². The van der Waals surface area contributed by atoms with E-state index in [4.69, 9.17) is 0 Å². The summed E-state index contributed by atoms with van der Waals surface area (Å²) in [6.45, 7) is 6.24. The molecule has 158 valence electrons. The fourth-order valence-electron chi connectivity index (χ4n) is 4.45. The third kappa shape index (κ3) is 5.73. The predicted molar refractivity (Wildman–Crippen MR) is 118 cm³/mol. The Balaban J connectivity index is 1.42. The number of nitrogens with one attached hydrogen (secondary N) is 2. The van der Waals surface area contributed by atoms with Crippen LogP contribution in [0.3, 0.4) is 0 Å². The molecule has 3 rings (SSSR count). The third-order valence-electron chi connectivity index (χ3n) is 6.56. The van der Waals surface area contributed by atoms with Gasteiger partial charge in [-0.05, 0) is 88.8 Å². The highest BCUT2D eigenvalue weighted by Crippen LogP contribution is 2.33. The zero-order valence-corrected chi connectivity index (χ0v) is 18.7. The monoisotopic (exact) mass is 406 g/mol. The predicted octanol–water partition coefficient (Wildman–Crippen LogP) is 5.42. The molecule has 0 saturated heterocycles. The summed E-state index contributed by atoms with van der Waals surface area (Å²) in [5.74, 6) is 1.38. The molecule has 0 spiro atoms. The van der Waals surface area contributed by atoms with Gasteiger partial charge in [0.15, 0.2) is 0 Å².